The van der Waals surface area contributed by atoms with Crippen molar-refractivity contribution in [1.82, 2.24) is 15.2 Å². The van der Waals surface area contributed by atoms with Crippen molar-refractivity contribution in [3.8, 4) is 0 Å². The van der Waals surface area contributed by atoms with Gasteiger partial charge in [0.25, 0.3) is 0 Å². The van der Waals surface area contributed by atoms with E-state index in [1.165, 1.54) is 6.08 Å². The SMILES string of the molecule is Cc1c(CN(C)C(=O)/C=C/c2cnc3c(c2)CC(CCNC=O)C(=O)N3)oc2ccccc12. The van der Waals surface area contributed by atoms with Crippen LogP contribution in [0.1, 0.15) is 28.9 Å². The summed E-state index contributed by atoms with van der Waals surface area (Å²) < 4.78 is 5.91. The number of nitrogens with one attached hydrogen (secondary N) is 2. The molecule has 0 spiro atoms. The lowest BCUT2D eigenvalue weighted by molar-refractivity contribution is -0.125. The summed E-state index contributed by atoms with van der Waals surface area (Å²) in [5.41, 5.74) is 3.53. The highest BCUT2D eigenvalue weighted by atomic mass is 16.3. The largest absolute Gasteiger partial charge is 0.459 e. The van der Waals surface area contributed by atoms with Crippen molar-refractivity contribution in [2.45, 2.75) is 26.3 Å². The van der Waals surface area contributed by atoms with Crippen LogP contribution < -0.4 is 10.6 Å². The summed E-state index contributed by atoms with van der Waals surface area (Å²) in [4.78, 5) is 41.3. The van der Waals surface area contributed by atoms with Gasteiger partial charge in [-0.2, -0.15) is 0 Å². The Balaban J connectivity index is 1.41. The van der Waals surface area contributed by atoms with Crippen molar-refractivity contribution in [3.05, 3.63) is 65.1 Å². The van der Waals surface area contributed by atoms with Crippen molar-refractivity contribution >= 4 is 41.1 Å². The van der Waals surface area contributed by atoms with Gasteiger partial charge in [0.15, 0.2) is 0 Å². The predicted molar refractivity (Wildman–Crippen MR) is 125 cm³/mol. The van der Waals surface area contributed by atoms with Gasteiger partial charge < -0.3 is 20.0 Å². The number of amides is 3. The Morgan fingerprint density at radius 3 is 2.97 bits per heavy atom. The van der Waals surface area contributed by atoms with E-state index in [1.54, 1.807) is 24.2 Å². The molecule has 1 aliphatic rings. The molecule has 0 bridgehead atoms. The lowest BCUT2D eigenvalue weighted by Crippen LogP contribution is -2.32. The molecule has 1 unspecified atom stereocenters. The monoisotopic (exact) mass is 446 g/mol. The van der Waals surface area contributed by atoms with E-state index in [0.29, 0.717) is 38.2 Å². The summed E-state index contributed by atoms with van der Waals surface area (Å²) in [6.45, 7) is 2.80. The summed E-state index contributed by atoms with van der Waals surface area (Å²) in [5, 5.41) is 6.45. The highest BCUT2D eigenvalue weighted by Gasteiger charge is 2.26. The Morgan fingerprint density at radius 1 is 1.36 bits per heavy atom. The van der Waals surface area contributed by atoms with Crippen molar-refractivity contribution in [1.29, 1.82) is 0 Å². The molecule has 2 N–H and O–H groups in total. The summed E-state index contributed by atoms with van der Waals surface area (Å²) in [6, 6.07) is 9.75. The third-order valence-electron chi connectivity index (χ3n) is 5.90. The average Bonchev–Trinajstić information content (AvgIpc) is 3.13. The molecule has 0 fully saturated rings. The second-order valence-electron chi connectivity index (χ2n) is 8.20. The summed E-state index contributed by atoms with van der Waals surface area (Å²) in [5.74, 6) is 0.829. The highest BCUT2D eigenvalue weighted by molar-refractivity contribution is 5.95. The van der Waals surface area contributed by atoms with Gasteiger partial charge in [-0.05, 0) is 49.1 Å². The van der Waals surface area contributed by atoms with Gasteiger partial charge in [0.05, 0.1) is 6.54 Å². The van der Waals surface area contributed by atoms with Gasteiger partial charge in [0.2, 0.25) is 18.2 Å². The second-order valence-corrected chi connectivity index (χ2v) is 8.20. The molecule has 1 atom stereocenters. The number of pyridine rings is 1. The van der Waals surface area contributed by atoms with Gasteiger partial charge in [0, 0.05) is 42.7 Å². The molecule has 4 rings (SSSR count). The van der Waals surface area contributed by atoms with Gasteiger partial charge >= 0.3 is 0 Å². The molecule has 3 amide bonds. The van der Waals surface area contributed by atoms with Crippen LogP contribution in [0.25, 0.3) is 17.0 Å². The van der Waals surface area contributed by atoms with E-state index in [1.807, 2.05) is 37.3 Å². The number of aromatic nitrogens is 1. The van der Waals surface area contributed by atoms with E-state index < -0.39 is 0 Å². The Bertz CT molecular complexity index is 1230. The van der Waals surface area contributed by atoms with E-state index in [-0.39, 0.29) is 17.7 Å². The smallest absolute Gasteiger partial charge is 0.246 e. The molecule has 0 saturated carbocycles. The van der Waals surface area contributed by atoms with E-state index in [0.717, 1.165) is 33.4 Å². The third kappa shape index (κ3) is 4.95. The van der Waals surface area contributed by atoms with Crippen molar-refractivity contribution < 1.29 is 18.8 Å². The Labute approximate surface area is 191 Å². The van der Waals surface area contributed by atoms with Crippen LogP contribution in [0, 0.1) is 12.8 Å². The van der Waals surface area contributed by atoms with Crippen LogP contribution in [-0.2, 0) is 27.3 Å². The fraction of sp³-hybridized carbons (Fsp3) is 0.280. The average molecular weight is 447 g/mol. The van der Waals surface area contributed by atoms with E-state index >= 15 is 0 Å². The molecule has 3 heterocycles. The van der Waals surface area contributed by atoms with Crippen LogP contribution in [0.2, 0.25) is 0 Å². The first kappa shape index (κ1) is 22.3. The number of furan rings is 1. The van der Waals surface area contributed by atoms with E-state index in [2.05, 4.69) is 15.6 Å². The molecule has 8 nitrogen and oxygen atoms in total. The third-order valence-corrected chi connectivity index (χ3v) is 5.90. The van der Waals surface area contributed by atoms with Crippen LogP contribution >= 0.6 is 0 Å². The van der Waals surface area contributed by atoms with Crippen molar-refractivity contribution in [3.63, 3.8) is 0 Å². The number of carbonyl (C=O) groups is 3. The van der Waals surface area contributed by atoms with Gasteiger partial charge in [-0.25, -0.2) is 4.98 Å². The van der Waals surface area contributed by atoms with E-state index in [9.17, 15) is 14.4 Å². The number of hydrogen-bond donors (Lipinski definition) is 2. The van der Waals surface area contributed by atoms with E-state index in [4.69, 9.17) is 4.42 Å². The minimum atomic E-state index is -0.231. The fourth-order valence-electron chi connectivity index (χ4n) is 3.98. The number of benzene rings is 1. The number of carbonyl (C=O) groups excluding carboxylic acids is 3. The Morgan fingerprint density at radius 2 is 2.18 bits per heavy atom. The molecule has 0 radical (unpaired) electrons. The zero-order chi connectivity index (χ0) is 23.4. The standard InChI is InChI=1S/C25H26N4O4/c1-16-20-5-3-4-6-21(20)33-22(16)14-29(2)23(31)8-7-17-11-19-12-18(9-10-26-15-30)25(32)28-24(19)27-13-17/h3-8,11,13,15,18H,9-10,12,14H2,1-2H3,(H,26,30)(H,27,28,32)/b8-7+. The maximum atomic E-state index is 12.7. The van der Waals surface area contributed by atoms with Gasteiger partial charge in [-0.3, -0.25) is 14.4 Å². The number of hydrogen-bond acceptors (Lipinski definition) is 5. The van der Waals surface area contributed by atoms with Gasteiger partial charge in [-0.1, -0.05) is 18.2 Å². The summed E-state index contributed by atoms with van der Waals surface area (Å²) in [6.07, 6.45) is 6.57. The molecule has 170 valence electrons. The lowest BCUT2D eigenvalue weighted by atomic mass is 9.91. The van der Waals surface area contributed by atoms with Crippen molar-refractivity contribution in [2.24, 2.45) is 5.92 Å². The zero-order valence-electron chi connectivity index (χ0n) is 18.6. The molecular weight excluding hydrogens is 420 g/mol. The van der Waals surface area contributed by atoms with Crippen LogP contribution in [-0.4, -0.2) is 41.7 Å². The maximum Gasteiger partial charge on any atom is 0.246 e. The van der Waals surface area contributed by atoms with Crippen LogP contribution in [0.15, 0.2) is 47.0 Å². The molecule has 33 heavy (non-hydrogen) atoms. The quantitative estimate of drug-likeness (QED) is 0.314. The Hall–Kier alpha value is -3.94. The molecule has 2 aromatic heterocycles. The number of anilines is 1. The summed E-state index contributed by atoms with van der Waals surface area (Å²) >= 11 is 0. The number of fused-ring (bicyclic) bond motifs is 2. The van der Waals surface area contributed by atoms with Crippen LogP contribution in [0.3, 0.4) is 0 Å². The van der Waals surface area contributed by atoms with Gasteiger partial charge in [0.1, 0.15) is 17.2 Å². The normalized spacial score (nSPS) is 15.3. The van der Waals surface area contributed by atoms with Crippen LogP contribution in [0.5, 0.6) is 0 Å². The zero-order valence-corrected chi connectivity index (χ0v) is 18.6. The van der Waals surface area contributed by atoms with Gasteiger partial charge in [-0.15, -0.1) is 0 Å². The summed E-state index contributed by atoms with van der Waals surface area (Å²) in [7, 11) is 1.73. The molecular formula is C25H26N4O4. The topological polar surface area (TPSA) is 105 Å². The number of rotatable bonds is 8. The Kier molecular flexibility index (Phi) is 6.53. The number of para-hydroxylation sites is 1. The predicted octanol–water partition coefficient (Wildman–Crippen LogP) is 3.05. The number of nitrogens with zero attached hydrogens (tertiary/aromatic N) is 2. The molecule has 0 saturated heterocycles. The first-order valence-corrected chi connectivity index (χ1v) is 10.8. The lowest BCUT2D eigenvalue weighted by Gasteiger charge is -2.23. The first-order valence-electron chi connectivity index (χ1n) is 10.8. The minimum Gasteiger partial charge on any atom is -0.459 e. The highest BCUT2D eigenvalue weighted by Crippen LogP contribution is 2.27. The molecule has 3 aromatic rings. The number of likely N-dealkylation sites (N-methyl/N-ethyl adjacent to an activating group) is 1. The van der Waals surface area contributed by atoms with Crippen LogP contribution in [0.4, 0.5) is 5.82 Å². The molecule has 1 aromatic carbocycles. The minimum absolute atomic E-state index is 0.0938. The first-order chi connectivity index (χ1) is 16.0. The number of aryl methyl sites for hydroxylation is 1. The molecule has 8 heteroatoms. The molecule has 1 aliphatic heterocycles. The van der Waals surface area contributed by atoms with Crippen molar-refractivity contribution in [2.75, 3.05) is 18.9 Å². The maximum absolute atomic E-state index is 12.7. The fourth-order valence-corrected chi connectivity index (χ4v) is 3.98. The molecule has 0 aliphatic carbocycles. The second kappa shape index (κ2) is 9.68.